The van der Waals surface area contributed by atoms with E-state index < -0.39 is 5.82 Å². The number of para-hydroxylation sites is 2. The number of halogens is 1. The van der Waals surface area contributed by atoms with Crippen molar-refractivity contribution < 1.29 is 9.18 Å². The normalized spacial score (nSPS) is 14.1. The molecule has 1 aliphatic rings. The first-order valence-electron chi connectivity index (χ1n) is 5.66. The quantitative estimate of drug-likeness (QED) is 0.833. The predicted molar refractivity (Wildman–Crippen MR) is 68.5 cm³/mol. The first kappa shape index (κ1) is 10.8. The second-order valence-corrected chi connectivity index (χ2v) is 4.10. The lowest BCUT2D eigenvalue weighted by atomic mass is 10.1. The summed E-state index contributed by atoms with van der Waals surface area (Å²) in [6.07, 6.45) is 0. The largest absolute Gasteiger partial charge is 0.330 e. The molecule has 1 aliphatic heterocycles. The Morgan fingerprint density at radius 1 is 1.06 bits per heavy atom. The van der Waals surface area contributed by atoms with Gasteiger partial charge >= 0.3 is 0 Å². The fourth-order valence-corrected chi connectivity index (χ4v) is 2.11. The summed E-state index contributed by atoms with van der Waals surface area (Å²) in [4.78, 5) is 13.4. The minimum atomic E-state index is -0.415. The molecule has 0 aromatic heterocycles. The van der Waals surface area contributed by atoms with Crippen LogP contribution in [0.3, 0.4) is 0 Å². The molecule has 3 nitrogen and oxygen atoms in total. The summed E-state index contributed by atoms with van der Waals surface area (Å²) in [6.45, 7) is 0.195. The van der Waals surface area contributed by atoms with Crippen LogP contribution in [0.4, 0.5) is 21.5 Å². The Hall–Kier alpha value is -2.36. The van der Waals surface area contributed by atoms with Gasteiger partial charge in [0.25, 0.3) is 0 Å². The van der Waals surface area contributed by atoms with Gasteiger partial charge in [-0.05, 0) is 24.3 Å². The third-order valence-corrected chi connectivity index (χ3v) is 2.92. The Kier molecular flexibility index (Phi) is 2.48. The summed E-state index contributed by atoms with van der Waals surface area (Å²) in [5.41, 5.74) is 1.80. The van der Waals surface area contributed by atoms with Crippen molar-refractivity contribution >= 4 is 23.0 Å². The van der Waals surface area contributed by atoms with Crippen LogP contribution < -0.4 is 10.2 Å². The average molecular weight is 242 g/mol. The summed E-state index contributed by atoms with van der Waals surface area (Å²) in [7, 11) is 0. The molecule has 2 aromatic carbocycles. The van der Waals surface area contributed by atoms with Gasteiger partial charge in [0.15, 0.2) is 0 Å². The van der Waals surface area contributed by atoms with Crippen LogP contribution in [-0.4, -0.2) is 12.5 Å². The van der Waals surface area contributed by atoms with Crippen LogP contribution in [0.1, 0.15) is 0 Å². The molecule has 0 saturated heterocycles. The Bertz CT molecular complexity index is 598. The molecule has 0 saturated carbocycles. The van der Waals surface area contributed by atoms with Crippen LogP contribution in [0.2, 0.25) is 0 Å². The third-order valence-electron chi connectivity index (χ3n) is 2.92. The number of anilines is 3. The molecule has 4 heteroatoms. The van der Waals surface area contributed by atoms with Crippen molar-refractivity contribution in [3.05, 3.63) is 54.3 Å². The van der Waals surface area contributed by atoms with Gasteiger partial charge in [0.05, 0.1) is 5.69 Å². The van der Waals surface area contributed by atoms with Crippen molar-refractivity contribution in [1.82, 2.24) is 0 Å². The maximum absolute atomic E-state index is 13.7. The van der Waals surface area contributed by atoms with E-state index in [1.807, 2.05) is 30.3 Å². The summed E-state index contributed by atoms with van der Waals surface area (Å²) < 4.78 is 13.7. The van der Waals surface area contributed by atoms with E-state index in [2.05, 4.69) is 5.32 Å². The van der Waals surface area contributed by atoms with E-state index in [4.69, 9.17) is 0 Å². The number of hydrogen-bond acceptors (Lipinski definition) is 2. The highest BCUT2D eigenvalue weighted by Gasteiger charge is 2.25. The van der Waals surface area contributed by atoms with Gasteiger partial charge in [-0.3, -0.25) is 4.79 Å². The number of carbonyl (C=O) groups excluding carboxylic acids is 1. The zero-order valence-electron chi connectivity index (χ0n) is 9.56. The molecule has 3 rings (SSSR count). The number of nitrogens with zero attached hydrogens (tertiary/aromatic N) is 1. The molecule has 1 heterocycles. The van der Waals surface area contributed by atoms with Gasteiger partial charge in [0, 0.05) is 5.69 Å². The molecule has 0 spiro atoms. The van der Waals surface area contributed by atoms with E-state index in [1.54, 1.807) is 17.0 Å². The average Bonchev–Trinajstić information content (AvgIpc) is 2.40. The highest BCUT2D eigenvalue weighted by molar-refractivity contribution is 6.03. The van der Waals surface area contributed by atoms with Gasteiger partial charge < -0.3 is 10.2 Å². The van der Waals surface area contributed by atoms with E-state index in [0.717, 1.165) is 5.69 Å². The molecule has 0 aliphatic carbocycles. The van der Waals surface area contributed by atoms with Gasteiger partial charge in [-0.15, -0.1) is 0 Å². The van der Waals surface area contributed by atoms with Gasteiger partial charge in [-0.25, -0.2) is 4.39 Å². The van der Waals surface area contributed by atoms with E-state index in [-0.39, 0.29) is 18.1 Å². The van der Waals surface area contributed by atoms with Crippen molar-refractivity contribution in [3.63, 3.8) is 0 Å². The number of amides is 1. The van der Waals surface area contributed by atoms with E-state index in [0.29, 0.717) is 5.69 Å². The fraction of sp³-hybridized carbons (Fsp3) is 0.0714. The molecule has 18 heavy (non-hydrogen) atoms. The number of carbonyl (C=O) groups is 1. The highest BCUT2D eigenvalue weighted by Crippen LogP contribution is 2.36. The monoisotopic (exact) mass is 242 g/mol. The first-order chi connectivity index (χ1) is 8.75. The molecule has 1 amide bonds. The van der Waals surface area contributed by atoms with Gasteiger partial charge in [0.1, 0.15) is 18.0 Å². The standard InChI is InChI=1S/C14H11FN2O/c15-11-7-4-8-12-14(11)16-13(18)9-17(12)10-5-2-1-3-6-10/h1-8H,9H2,(H,16,18). The van der Waals surface area contributed by atoms with Crippen molar-refractivity contribution in [3.8, 4) is 0 Å². The van der Waals surface area contributed by atoms with Crippen LogP contribution in [0.25, 0.3) is 0 Å². The number of hydrogen-bond donors (Lipinski definition) is 1. The van der Waals surface area contributed by atoms with Crippen molar-refractivity contribution in [2.24, 2.45) is 0 Å². The minimum Gasteiger partial charge on any atom is -0.330 e. The van der Waals surface area contributed by atoms with E-state index in [9.17, 15) is 9.18 Å². The Morgan fingerprint density at radius 3 is 2.61 bits per heavy atom. The molecule has 90 valence electrons. The maximum atomic E-state index is 13.7. The van der Waals surface area contributed by atoms with Gasteiger partial charge in [-0.2, -0.15) is 0 Å². The third kappa shape index (κ3) is 1.72. The first-order valence-corrected chi connectivity index (χ1v) is 5.66. The lowest BCUT2D eigenvalue weighted by Crippen LogP contribution is -2.35. The Morgan fingerprint density at radius 2 is 1.83 bits per heavy atom. The number of benzene rings is 2. The smallest absolute Gasteiger partial charge is 0.244 e. The highest BCUT2D eigenvalue weighted by atomic mass is 19.1. The number of fused-ring (bicyclic) bond motifs is 1. The molecule has 0 bridgehead atoms. The van der Waals surface area contributed by atoms with Crippen LogP contribution in [0.15, 0.2) is 48.5 Å². The van der Waals surface area contributed by atoms with Crippen molar-refractivity contribution in [2.75, 3.05) is 16.8 Å². The zero-order chi connectivity index (χ0) is 12.5. The summed E-state index contributed by atoms with van der Waals surface area (Å²) in [5, 5.41) is 2.57. The summed E-state index contributed by atoms with van der Waals surface area (Å²) in [5.74, 6) is -0.627. The van der Waals surface area contributed by atoms with E-state index in [1.165, 1.54) is 6.07 Å². The Labute approximate surface area is 104 Å². The number of rotatable bonds is 1. The molecule has 1 N–H and O–H groups in total. The molecular weight excluding hydrogens is 231 g/mol. The summed E-state index contributed by atoms with van der Waals surface area (Å²) in [6, 6.07) is 14.3. The molecule has 0 atom stereocenters. The minimum absolute atomic E-state index is 0.195. The zero-order valence-corrected chi connectivity index (χ0v) is 9.56. The van der Waals surface area contributed by atoms with E-state index >= 15 is 0 Å². The van der Waals surface area contributed by atoms with Crippen LogP contribution >= 0.6 is 0 Å². The van der Waals surface area contributed by atoms with Gasteiger partial charge in [0.2, 0.25) is 5.91 Å². The second-order valence-electron chi connectivity index (χ2n) is 4.10. The molecular formula is C14H11FN2O. The summed E-state index contributed by atoms with van der Waals surface area (Å²) >= 11 is 0. The second kappa shape index (κ2) is 4.14. The predicted octanol–water partition coefficient (Wildman–Crippen LogP) is 2.92. The molecule has 2 aromatic rings. The lowest BCUT2D eigenvalue weighted by molar-refractivity contribution is -0.115. The topological polar surface area (TPSA) is 32.3 Å². The van der Waals surface area contributed by atoms with Gasteiger partial charge in [-0.1, -0.05) is 24.3 Å². The Balaban J connectivity index is 2.14. The SMILES string of the molecule is O=C1CN(c2ccccc2)c2cccc(F)c2N1. The van der Waals surface area contributed by atoms with Crippen LogP contribution in [0.5, 0.6) is 0 Å². The molecule has 0 fully saturated rings. The van der Waals surface area contributed by atoms with Crippen molar-refractivity contribution in [1.29, 1.82) is 0 Å². The molecule has 0 unspecified atom stereocenters. The van der Waals surface area contributed by atoms with Crippen molar-refractivity contribution in [2.45, 2.75) is 0 Å². The van der Waals surface area contributed by atoms with Crippen LogP contribution in [-0.2, 0) is 4.79 Å². The number of nitrogens with one attached hydrogen (secondary N) is 1. The fourth-order valence-electron chi connectivity index (χ4n) is 2.11. The lowest BCUT2D eigenvalue weighted by Gasteiger charge is -2.31. The maximum Gasteiger partial charge on any atom is 0.244 e. The van der Waals surface area contributed by atoms with Crippen LogP contribution in [0, 0.1) is 5.82 Å². The molecule has 0 radical (unpaired) electrons.